The molecular formula is C28H36ClN3O5S. The second-order valence-corrected chi connectivity index (χ2v) is 12.1. The summed E-state index contributed by atoms with van der Waals surface area (Å²) in [6.45, 7) is 2.72. The van der Waals surface area contributed by atoms with Crippen LogP contribution in [0.5, 0.6) is 0 Å². The Morgan fingerprint density at radius 3 is 2.34 bits per heavy atom. The zero-order chi connectivity index (χ0) is 27.9. The number of carbonyl (C=O) groups is 3. The minimum absolute atomic E-state index is 0.0419. The van der Waals surface area contributed by atoms with Gasteiger partial charge in [0.25, 0.3) is 0 Å². The molecule has 0 saturated heterocycles. The van der Waals surface area contributed by atoms with Gasteiger partial charge in [0, 0.05) is 23.2 Å². The predicted octanol–water partition coefficient (Wildman–Crippen LogP) is 4.56. The van der Waals surface area contributed by atoms with Gasteiger partial charge in [-0.15, -0.1) is 0 Å². The highest BCUT2D eigenvalue weighted by Gasteiger charge is 2.33. The van der Waals surface area contributed by atoms with Crippen molar-refractivity contribution in [3.05, 3.63) is 64.7 Å². The molecule has 206 valence electrons. The number of amides is 2. The summed E-state index contributed by atoms with van der Waals surface area (Å²) in [5.41, 5.74) is 1.18. The first kappa shape index (κ1) is 29.6. The highest BCUT2D eigenvalue weighted by Crippen LogP contribution is 2.24. The van der Waals surface area contributed by atoms with Crippen molar-refractivity contribution in [3.63, 3.8) is 0 Å². The standard InChI is InChI=1S/C28H36ClN3O5S/c1-4-26(28(35)30-23-13-6-5-7-14-23)31(18-22-11-8-9-16-25(22)29)27(34)19-32(38(3,36)37)24-15-10-12-21(17-24)20(2)33/h8-12,15-17,23,26H,4-7,13-14,18-19H2,1-3H3,(H,30,35). The molecule has 1 N–H and O–H groups in total. The van der Waals surface area contributed by atoms with Crippen LogP contribution in [0.3, 0.4) is 0 Å². The number of hydrogen-bond acceptors (Lipinski definition) is 5. The van der Waals surface area contributed by atoms with Gasteiger partial charge >= 0.3 is 0 Å². The maximum absolute atomic E-state index is 13.8. The van der Waals surface area contributed by atoms with E-state index < -0.39 is 28.5 Å². The molecule has 2 aromatic rings. The zero-order valence-electron chi connectivity index (χ0n) is 22.2. The lowest BCUT2D eigenvalue weighted by Gasteiger charge is -2.34. The van der Waals surface area contributed by atoms with Crippen molar-refractivity contribution in [1.29, 1.82) is 0 Å². The molecule has 0 spiro atoms. The summed E-state index contributed by atoms with van der Waals surface area (Å²) < 4.78 is 26.5. The van der Waals surface area contributed by atoms with Crippen LogP contribution in [0.1, 0.15) is 68.3 Å². The van der Waals surface area contributed by atoms with Crippen LogP contribution in [0.4, 0.5) is 5.69 Å². The maximum atomic E-state index is 13.8. The number of anilines is 1. The summed E-state index contributed by atoms with van der Waals surface area (Å²) in [6, 6.07) is 12.4. The van der Waals surface area contributed by atoms with Crippen molar-refractivity contribution in [3.8, 4) is 0 Å². The second kappa shape index (κ2) is 13.2. The molecule has 3 rings (SSSR count). The van der Waals surface area contributed by atoms with Gasteiger partial charge in [-0.05, 0) is 49.9 Å². The Hall–Kier alpha value is -2.91. The van der Waals surface area contributed by atoms with Gasteiger partial charge in [0.15, 0.2) is 5.78 Å². The molecule has 2 amide bonds. The predicted molar refractivity (Wildman–Crippen MR) is 150 cm³/mol. The number of benzene rings is 2. The molecule has 8 nitrogen and oxygen atoms in total. The van der Waals surface area contributed by atoms with E-state index in [1.165, 1.54) is 24.0 Å². The van der Waals surface area contributed by atoms with Crippen molar-refractivity contribution in [1.82, 2.24) is 10.2 Å². The van der Waals surface area contributed by atoms with Crippen LogP contribution in [0.2, 0.25) is 5.02 Å². The van der Waals surface area contributed by atoms with E-state index >= 15 is 0 Å². The molecule has 1 aliphatic rings. The van der Waals surface area contributed by atoms with Crippen LogP contribution in [0.15, 0.2) is 48.5 Å². The van der Waals surface area contributed by atoms with Crippen molar-refractivity contribution in [2.75, 3.05) is 17.1 Å². The van der Waals surface area contributed by atoms with Gasteiger partial charge in [0.05, 0.1) is 11.9 Å². The number of nitrogens with one attached hydrogen (secondary N) is 1. The Balaban J connectivity index is 1.95. The third-order valence-electron chi connectivity index (χ3n) is 6.86. The van der Waals surface area contributed by atoms with E-state index in [2.05, 4.69) is 5.32 Å². The summed E-state index contributed by atoms with van der Waals surface area (Å²) in [7, 11) is -3.90. The molecule has 1 unspecified atom stereocenters. The Morgan fingerprint density at radius 1 is 1.05 bits per heavy atom. The van der Waals surface area contributed by atoms with E-state index in [1.807, 2.05) is 6.92 Å². The van der Waals surface area contributed by atoms with Crippen LogP contribution in [-0.2, 0) is 26.2 Å². The van der Waals surface area contributed by atoms with Crippen molar-refractivity contribution >= 4 is 44.9 Å². The highest BCUT2D eigenvalue weighted by molar-refractivity contribution is 7.92. The Labute approximate surface area is 230 Å². The number of halogens is 1. The van der Waals surface area contributed by atoms with Gasteiger partial charge in [-0.1, -0.05) is 68.1 Å². The molecule has 1 fully saturated rings. The third kappa shape index (κ3) is 7.80. The fourth-order valence-corrected chi connectivity index (χ4v) is 5.80. The third-order valence-corrected chi connectivity index (χ3v) is 8.37. The number of nitrogens with zero attached hydrogens (tertiary/aromatic N) is 2. The lowest BCUT2D eigenvalue weighted by molar-refractivity contribution is -0.140. The number of carbonyl (C=O) groups excluding carboxylic acids is 3. The fourth-order valence-electron chi connectivity index (χ4n) is 4.77. The van der Waals surface area contributed by atoms with Crippen LogP contribution in [-0.4, -0.2) is 55.8 Å². The number of Topliss-reactive ketones (excluding diaryl/α,β-unsaturated/α-hetero) is 1. The number of sulfonamides is 1. The molecular weight excluding hydrogens is 526 g/mol. The highest BCUT2D eigenvalue weighted by atomic mass is 35.5. The van der Waals surface area contributed by atoms with Gasteiger partial charge < -0.3 is 10.2 Å². The molecule has 38 heavy (non-hydrogen) atoms. The molecule has 10 heteroatoms. The monoisotopic (exact) mass is 561 g/mol. The normalized spacial score (nSPS) is 14.9. The average Bonchev–Trinajstić information content (AvgIpc) is 2.88. The second-order valence-electron chi connectivity index (χ2n) is 9.76. The maximum Gasteiger partial charge on any atom is 0.244 e. The Bertz CT molecular complexity index is 1260. The topological polar surface area (TPSA) is 104 Å². The van der Waals surface area contributed by atoms with Crippen LogP contribution < -0.4 is 9.62 Å². The van der Waals surface area contributed by atoms with Gasteiger partial charge in [-0.2, -0.15) is 0 Å². The first-order chi connectivity index (χ1) is 18.0. The molecule has 0 aliphatic heterocycles. The summed E-state index contributed by atoms with van der Waals surface area (Å²) in [4.78, 5) is 40.6. The lowest BCUT2D eigenvalue weighted by atomic mass is 9.95. The SMILES string of the molecule is CCC(C(=O)NC1CCCCC1)N(Cc1ccccc1Cl)C(=O)CN(c1cccc(C(C)=O)c1)S(C)(=O)=O. The van der Waals surface area contributed by atoms with Crippen LogP contribution in [0, 0.1) is 0 Å². The summed E-state index contributed by atoms with van der Waals surface area (Å²) in [5.74, 6) is -1.03. The van der Waals surface area contributed by atoms with Gasteiger partial charge in [0.1, 0.15) is 12.6 Å². The number of ketones is 1. The van der Waals surface area contributed by atoms with Crippen molar-refractivity contribution in [2.45, 2.75) is 71.0 Å². The van der Waals surface area contributed by atoms with Crippen LogP contribution in [0.25, 0.3) is 0 Å². The minimum atomic E-state index is -3.90. The molecule has 1 atom stereocenters. The number of hydrogen-bond donors (Lipinski definition) is 1. The van der Waals surface area contributed by atoms with Crippen molar-refractivity contribution < 1.29 is 22.8 Å². The molecule has 0 radical (unpaired) electrons. The summed E-state index contributed by atoms with van der Waals surface area (Å²) >= 11 is 6.40. The summed E-state index contributed by atoms with van der Waals surface area (Å²) in [6.07, 6.45) is 6.38. The van der Waals surface area contributed by atoms with E-state index in [-0.39, 0.29) is 30.0 Å². The molecule has 1 aliphatic carbocycles. The van der Waals surface area contributed by atoms with Crippen LogP contribution >= 0.6 is 11.6 Å². The average molecular weight is 562 g/mol. The molecule has 1 saturated carbocycles. The van der Waals surface area contributed by atoms with E-state index in [4.69, 9.17) is 11.6 Å². The lowest BCUT2D eigenvalue weighted by Crippen LogP contribution is -2.54. The van der Waals surface area contributed by atoms with Gasteiger partial charge in [-0.25, -0.2) is 8.42 Å². The largest absolute Gasteiger partial charge is 0.352 e. The van der Waals surface area contributed by atoms with E-state index in [0.29, 0.717) is 22.6 Å². The zero-order valence-corrected chi connectivity index (χ0v) is 23.7. The quantitative estimate of drug-likeness (QED) is 0.405. The van der Waals surface area contributed by atoms with E-state index in [9.17, 15) is 22.8 Å². The fraction of sp³-hybridized carbons (Fsp3) is 0.464. The first-order valence-electron chi connectivity index (χ1n) is 12.9. The molecule has 0 aromatic heterocycles. The number of rotatable bonds is 11. The van der Waals surface area contributed by atoms with Crippen molar-refractivity contribution in [2.24, 2.45) is 0 Å². The molecule has 0 bridgehead atoms. The van der Waals surface area contributed by atoms with Gasteiger partial charge in [-0.3, -0.25) is 18.7 Å². The summed E-state index contributed by atoms with van der Waals surface area (Å²) in [5, 5.41) is 3.55. The Kier molecular flexibility index (Phi) is 10.3. The van der Waals surface area contributed by atoms with E-state index in [1.54, 1.807) is 36.4 Å². The minimum Gasteiger partial charge on any atom is -0.352 e. The van der Waals surface area contributed by atoms with E-state index in [0.717, 1.165) is 42.7 Å². The molecule has 2 aromatic carbocycles. The molecule has 0 heterocycles. The Morgan fingerprint density at radius 2 is 1.74 bits per heavy atom. The smallest absolute Gasteiger partial charge is 0.244 e. The van der Waals surface area contributed by atoms with Gasteiger partial charge in [0.2, 0.25) is 21.8 Å². The first-order valence-corrected chi connectivity index (χ1v) is 15.2.